The third-order valence-corrected chi connectivity index (χ3v) is 2.09. The molecule has 0 aromatic carbocycles. The number of hydrogen-bond donors (Lipinski definition) is 2. The molecule has 0 spiro atoms. The largest absolute Gasteiger partial charge is 0.481 e. The van der Waals surface area contributed by atoms with E-state index in [-0.39, 0.29) is 18.5 Å². The summed E-state index contributed by atoms with van der Waals surface area (Å²) in [6.07, 6.45) is 1.75. The van der Waals surface area contributed by atoms with E-state index in [4.69, 9.17) is 15.2 Å². The first-order valence-electron chi connectivity index (χ1n) is 5.08. The lowest BCUT2D eigenvalue weighted by Gasteiger charge is -2.10. The first-order chi connectivity index (χ1) is 7.67. The Morgan fingerprint density at radius 2 is 2.24 bits per heavy atom. The molecular formula is C11H19N3O3. The van der Waals surface area contributed by atoms with Gasteiger partial charge in [-0.3, -0.25) is 4.79 Å². The summed E-state index contributed by atoms with van der Waals surface area (Å²) in [6.45, 7) is 2.13. The highest BCUT2D eigenvalue weighted by atomic mass is 16.5. The summed E-state index contributed by atoms with van der Waals surface area (Å²) in [7, 11) is 1.54. The van der Waals surface area contributed by atoms with Gasteiger partial charge in [-0.2, -0.15) is 0 Å². The maximum atomic E-state index is 11.2. The number of ether oxygens (including phenoxy) is 2. The molecule has 1 rings (SSSR count). The van der Waals surface area contributed by atoms with Crippen molar-refractivity contribution in [1.29, 1.82) is 0 Å². The van der Waals surface area contributed by atoms with Crippen LogP contribution in [-0.4, -0.2) is 24.7 Å². The Morgan fingerprint density at radius 1 is 1.53 bits per heavy atom. The third kappa shape index (κ3) is 4.80. The predicted octanol–water partition coefficient (Wildman–Crippen LogP) is 1.21. The number of carbonyl (C=O) groups is 1. The van der Waals surface area contributed by atoms with Gasteiger partial charge in [0.1, 0.15) is 0 Å². The van der Waals surface area contributed by atoms with Gasteiger partial charge < -0.3 is 21.4 Å². The normalized spacial score (nSPS) is 11.2. The predicted molar refractivity (Wildman–Crippen MR) is 64.0 cm³/mol. The second kappa shape index (κ2) is 7.59. The maximum absolute atomic E-state index is 11.2. The van der Waals surface area contributed by atoms with Gasteiger partial charge in [0.2, 0.25) is 5.88 Å². The van der Waals surface area contributed by atoms with Crippen LogP contribution in [0.15, 0.2) is 18.3 Å². The van der Waals surface area contributed by atoms with Gasteiger partial charge in [0.25, 0.3) is 0 Å². The molecule has 1 heterocycles. The van der Waals surface area contributed by atoms with Crippen LogP contribution in [0.2, 0.25) is 0 Å². The fourth-order valence-corrected chi connectivity index (χ4v) is 1.25. The van der Waals surface area contributed by atoms with Gasteiger partial charge in [0.15, 0.2) is 0 Å². The van der Waals surface area contributed by atoms with Crippen LogP contribution in [0.4, 0.5) is 0 Å². The van der Waals surface area contributed by atoms with E-state index in [0.29, 0.717) is 12.5 Å². The SMILES string of the molecule is CCOC(=O)C[C@H](N)c1ccc(OC)nc1.N. The lowest BCUT2D eigenvalue weighted by Crippen LogP contribution is -2.17. The van der Waals surface area contributed by atoms with Gasteiger partial charge in [-0.1, -0.05) is 6.07 Å². The minimum absolute atomic E-state index is 0. The maximum Gasteiger partial charge on any atom is 0.307 e. The molecule has 0 aliphatic rings. The third-order valence-electron chi connectivity index (χ3n) is 2.09. The second-order valence-corrected chi connectivity index (χ2v) is 3.25. The number of aromatic nitrogens is 1. The van der Waals surface area contributed by atoms with Gasteiger partial charge >= 0.3 is 5.97 Å². The van der Waals surface area contributed by atoms with Gasteiger partial charge in [0, 0.05) is 18.3 Å². The molecule has 6 nitrogen and oxygen atoms in total. The average Bonchev–Trinajstić information content (AvgIpc) is 2.29. The second-order valence-electron chi connectivity index (χ2n) is 3.25. The topological polar surface area (TPSA) is 109 Å². The van der Waals surface area contributed by atoms with Gasteiger partial charge in [0.05, 0.1) is 20.1 Å². The van der Waals surface area contributed by atoms with E-state index in [1.165, 1.54) is 0 Å². The summed E-state index contributed by atoms with van der Waals surface area (Å²) in [4.78, 5) is 15.2. The van der Waals surface area contributed by atoms with Crippen LogP contribution in [-0.2, 0) is 9.53 Å². The molecule has 0 unspecified atom stereocenters. The first kappa shape index (κ1) is 15.3. The van der Waals surface area contributed by atoms with Gasteiger partial charge in [-0.25, -0.2) is 4.98 Å². The monoisotopic (exact) mass is 241 g/mol. The lowest BCUT2D eigenvalue weighted by atomic mass is 10.1. The van der Waals surface area contributed by atoms with Crippen LogP contribution in [0.1, 0.15) is 24.9 Å². The van der Waals surface area contributed by atoms with E-state index in [9.17, 15) is 4.79 Å². The number of methoxy groups -OCH3 is 1. The van der Waals surface area contributed by atoms with Crippen molar-refractivity contribution >= 4 is 5.97 Å². The van der Waals surface area contributed by atoms with E-state index in [1.54, 1.807) is 32.4 Å². The standard InChI is InChI=1S/C11H16N2O3.H3N/c1-3-16-11(14)6-9(12)8-4-5-10(15-2)13-7-8;/h4-5,7,9H,3,6,12H2,1-2H3;1H3/t9-;/m0./s1. The highest BCUT2D eigenvalue weighted by Crippen LogP contribution is 2.15. The summed E-state index contributed by atoms with van der Waals surface area (Å²) in [6, 6.07) is 3.10. The van der Waals surface area contributed by atoms with Crippen LogP contribution in [0.5, 0.6) is 5.88 Å². The Kier molecular flexibility index (Phi) is 6.85. The van der Waals surface area contributed by atoms with Crippen molar-refractivity contribution in [3.05, 3.63) is 23.9 Å². The molecule has 0 amide bonds. The number of esters is 1. The number of hydrogen-bond acceptors (Lipinski definition) is 6. The highest BCUT2D eigenvalue weighted by Gasteiger charge is 2.12. The molecular weight excluding hydrogens is 222 g/mol. The van der Waals surface area contributed by atoms with Crippen molar-refractivity contribution in [2.24, 2.45) is 5.73 Å². The fraction of sp³-hybridized carbons (Fsp3) is 0.455. The van der Waals surface area contributed by atoms with Crippen molar-refractivity contribution < 1.29 is 14.3 Å². The van der Waals surface area contributed by atoms with Crippen LogP contribution < -0.4 is 16.6 Å². The van der Waals surface area contributed by atoms with Gasteiger partial charge in [-0.15, -0.1) is 0 Å². The number of nitrogens with two attached hydrogens (primary N) is 1. The Morgan fingerprint density at radius 3 is 2.71 bits per heavy atom. The number of carbonyl (C=O) groups excluding carboxylic acids is 1. The van der Waals surface area contributed by atoms with Crippen molar-refractivity contribution in [3.63, 3.8) is 0 Å². The molecule has 0 aliphatic heterocycles. The molecule has 1 atom stereocenters. The van der Waals surface area contributed by atoms with Crippen LogP contribution >= 0.6 is 0 Å². The zero-order valence-electron chi connectivity index (χ0n) is 10.2. The Hall–Kier alpha value is -1.66. The van der Waals surface area contributed by atoms with Crippen molar-refractivity contribution in [2.45, 2.75) is 19.4 Å². The van der Waals surface area contributed by atoms with E-state index < -0.39 is 6.04 Å². The Labute approximate surface area is 101 Å². The number of rotatable bonds is 5. The van der Waals surface area contributed by atoms with Crippen molar-refractivity contribution in [1.82, 2.24) is 11.1 Å². The molecule has 1 aromatic rings. The molecule has 17 heavy (non-hydrogen) atoms. The summed E-state index contributed by atoms with van der Waals surface area (Å²) in [5, 5.41) is 0. The first-order valence-corrected chi connectivity index (χ1v) is 5.08. The molecule has 0 radical (unpaired) electrons. The lowest BCUT2D eigenvalue weighted by molar-refractivity contribution is -0.143. The van der Waals surface area contributed by atoms with Gasteiger partial charge in [-0.05, 0) is 12.5 Å². The van der Waals surface area contributed by atoms with E-state index in [1.807, 2.05) is 0 Å². The molecule has 96 valence electrons. The smallest absolute Gasteiger partial charge is 0.307 e. The van der Waals surface area contributed by atoms with E-state index >= 15 is 0 Å². The summed E-state index contributed by atoms with van der Waals surface area (Å²) in [5.41, 5.74) is 6.62. The number of pyridine rings is 1. The number of nitrogens with zero attached hydrogens (tertiary/aromatic N) is 1. The molecule has 1 aromatic heterocycles. The summed E-state index contributed by atoms with van der Waals surface area (Å²) in [5.74, 6) is 0.220. The molecule has 6 heteroatoms. The van der Waals surface area contributed by atoms with Crippen molar-refractivity contribution in [2.75, 3.05) is 13.7 Å². The van der Waals surface area contributed by atoms with E-state index in [0.717, 1.165) is 5.56 Å². The molecule has 0 saturated heterocycles. The molecule has 0 aliphatic carbocycles. The van der Waals surface area contributed by atoms with Crippen LogP contribution in [0.3, 0.4) is 0 Å². The minimum atomic E-state index is -0.391. The quantitative estimate of drug-likeness (QED) is 0.750. The minimum Gasteiger partial charge on any atom is -0.481 e. The Balaban J connectivity index is 0.00000256. The van der Waals surface area contributed by atoms with Crippen LogP contribution in [0, 0.1) is 0 Å². The Bertz CT molecular complexity index is 340. The van der Waals surface area contributed by atoms with Crippen molar-refractivity contribution in [3.8, 4) is 5.88 Å². The summed E-state index contributed by atoms with van der Waals surface area (Å²) < 4.78 is 9.74. The molecule has 0 saturated carbocycles. The zero-order chi connectivity index (χ0) is 12.0. The van der Waals surface area contributed by atoms with Crippen LogP contribution in [0.25, 0.3) is 0 Å². The average molecular weight is 241 g/mol. The molecule has 5 N–H and O–H groups in total. The highest BCUT2D eigenvalue weighted by molar-refractivity contribution is 5.70. The fourth-order valence-electron chi connectivity index (χ4n) is 1.25. The molecule has 0 fully saturated rings. The van der Waals surface area contributed by atoms with E-state index in [2.05, 4.69) is 4.98 Å². The summed E-state index contributed by atoms with van der Waals surface area (Å²) >= 11 is 0. The zero-order valence-corrected chi connectivity index (χ0v) is 10.2. The molecule has 0 bridgehead atoms.